The second-order valence-electron chi connectivity index (χ2n) is 4.02. The number of hydrogen-bond donors (Lipinski definition) is 2. The number of nitrogens with one attached hydrogen (secondary N) is 2. The quantitative estimate of drug-likeness (QED) is 0.883. The maximum Gasteiger partial charge on any atom is 0.132 e. The molecule has 2 aromatic rings. The predicted octanol–water partition coefficient (Wildman–Crippen LogP) is 4.33. The van der Waals surface area contributed by atoms with Gasteiger partial charge in [-0.05, 0) is 49.7 Å². The van der Waals surface area contributed by atoms with Crippen LogP contribution in [-0.2, 0) is 0 Å². The van der Waals surface area contributed by atoms with Gasteiger partial charge in [0.15, 0.2) is 0 Å². The second-order valence-corrected chi connectivity index (χ2v) is 4.94. The van der Waals surface area contributed by atoms with Crippen molar-refractivity contribution in [3.05, 3.63) is 46.4 Å². The first-order chi connectivity index (χ1) is 8.69. The van der Waals surface area contributed by atoms with E-state index in [0.29, 0.717) is 0 Å². The van der Waals surface area contributed by atoms with Crippen LogP contribution in [0.5, 0.6) is 0 Å². The highest BCUT2D eigenvalue weighted by atomic mass is 79.9. The fourth-order valence-corrected chi connectivity index (χ4v) is 2.16. The molecule has 0 amide bonds. The third-order valence-corrected chi connectivity index (χ3v) is 3.05. The molecule has 0 saturated carbocycles. The molecule has 2 N–H and O–H groups in total. The average Bonchev–Trinajstić information content (AvgIpc) is 2.34. The lowest BCUT2D eigenvalue weighted by Crippen LogP contribution is -2.01. The Morgan fingerprint density at radius 2 is 1.94 bits per heavy atom. The van der Waals surface area contributed by atoms with Gasteiger partial charge in [0.25, 0.3) is 0 Å². The van der Waals surface area contributed by atoms with Crippen LogP contribution in [0.1, 0.15) is 12.5 Å². The molecule has 0 bridgehead atoms. The van der Waals surface area contributed by atoms with Gasteiger partial charge >= 0.3 is 0 Å². The van der Waals surface area contributed by atoms with Gasteiger partial charge in [-0.15, -0.1) is 0 Å². The third kappa shape index (κ3) is 3.23. The van der Waals surface area contributed by atoms with E-state index >= 15 is 0 Å². The Hall–Kier alpha value is -1.55. The van der Waals surface area contributed by atoms with Crippen LogP contribution in [0.4, 0.5) is 17.3 Å². The first kappa shape index (κ1) is 12.9. The molecular weight excluding hydrogens is 290 g/mol. The van der Waals surface area contributed by atoms with Crippen molar-refractivity contribution in [2.45, 2.75) is 13.8 Å². The lowest BCUT2D eigenvalue weighted by Gasteiger charge is -2.10. The molecule has 0 spiro atoms. The van der Waals surface area contributed by atoms with Gasteiger partial charge in [0.2, 0.25) is 0 Å². The van der Waals surface area contributed by atoms with Crippen LogP contribution in [0.3, 0.4) is 0 Å². The Balaban J connectivity index is 2.20. The number of aromatic nitrogens is 1. The standard InChI is InChI=1S/C14H16BrN3/c1-3-16-13-5-4-6-14(18-13)17-12-8-7-11(15)9-10(12)2/h4-9H,3H2,1-2H3,(H2,16,17,18). The van der Waals surface area contributed by atoms with Crippen LogP contribution in [0, 0.1) is 6.92 Å². The van der Waals surface area contributed by atoms with E-state index in [9.17, 15) is 0 Å². The van der Waals surface area contributed by atoms with Gasteiger partial charge in [0, 0.05) is 16.7 Å². The maximum atomic E-state index is 4.49. The maximum absolute atomic E-state index is 4.49. The van der Waals surface area contributed by atoms with Gasteiger partial charge in [-0.2, -0.15) is 0 Å². The van der Waals surface area contributed by atoms with Gasteiger partial charge in [0.05, 0.1) is 0 Å². The van der Waals surface area contributed by atoms with Crippen molar-refractivity contribution in [3.8, 4) is 0 Å². The molecule has 0 unspecified atom stereocenters. The smallest absolute Gasteiger partial charge is 0.132 e. The lowest BCUT2D eigenvalue weighted by molar-refractivity contribution is 1.16. The zero-order valence-corrected chi connectivity index (χ0v) is 12.1. The van der Waals surface area contributed by atoms with Gasteiger partial charge in [-0.25, -0.2) is 4.98 Å². The number of rotatable bonds is 4. The number of anilines is 3. The number of benzene rings is 1. The molecule has 94 valence electrons. The molecule has 0 atom stereocenters. The first-order valence-corrected chi connectivity index (χ1v) is 6.72. The van der Waals surface area contributed by atoms with Crippen LogP contribution < -0.4 is 10.6 Å². The second kappa shape index (κ2) is 5.87. The summed E-state index contributed by atoms with van der Waals surface area (Å²) in [5.41, 5.74) is 2.25. The fraction of sp³-hybridized carbons (Fsp3) is 0.214. The number of aryl methyl sites for hydroxylation is 1. The van der Waals surface area contributed by atoms with Crippen LogP contribution in [0.25, 0.3) is 0 Å². The van der Waals surface area contributed by atoms with Crippen molar-refractivity contribution in [3.63, 3.8) is 0 Å². The fourth-order valence-electron chi connectivity index (χ4n) is 1.69. The van der Waals surface area contributed by atoms with E-state index in [0.717, 1.165) is 28.3 Å². The Bertz CT molecular complexity index is 540. The lowest BCUT2D eigenvalue weighted by atomic mass is 10.2. The van der Waals surface area contributed by atoms with Crippen molar-refractivity contribution < 1.29 is 0 Å². The molecule has 0 saturated heterocycles. The molecule has 0 aliphatic rings. The van der Waals surface area contributed by atoms with E-state index in [-0.39, 0.29) is 0 Å². The highest BCUT2D eigenvalue weighted by Gasteiger charge is 2.01. The van der Waals surface area contributed by atoms with Gasteiger partial charge in [0.1, 0.15) is 11.6 Å². The zero-order valence-electron chi connectivity index (χ0n) is 10.5. The summed E-state index contributed by atoms with van der Waals surface area (Å²) in [6, 6.07) is 12.0. The van der Waals surface area contributed by atoms with E-state index in [4.69, 9.17) is 0 Å². The molecule has 0 radical (unpaired) electrons. The monoisotopic (exact) mass is 305 g/mol. The summed E-state index contributed by atoms with van der Waals surface area (Å²) in [4.78, 5) is 4.49. The minimum Gasteiger partial charge on any atom is -0.370 e. The molecule has 0 aliphatic heterocycles. The van der Waals surface area contributed by atoms with Crippen molar-refractivity contribution in [2.75, 3.05) is 17.2 Å². The number of hydrogen-bond acceptors (Lipinski definition) is 3. The summed E-state index contributed by atoms with van der Waals surface area (Å²) in [5.74, 6) is 1.73. The van der Waals surface area contributed by atoms with E-state index in [1.807, 2.05) is 30.3 Å². The summed E-state index contributed by atoms with van der Waals surface area (Å²) in [7, 11) is 0. The molecule has 0 fully saturated rings. The Morgan fingerprint density at radius 3 is 2.67 bits per heavy atom. The third-order valence-electron chi connectivity index (χ3n) is 2.56. The first-order valence-electron chi connectivity index (χ1n) is 5.93. The zero-order chi connectivity index (χ0) is 13.0. The van der Waals surface area contributed by atoms with Crippen molar-refractivity contribution >= 4 is 33.3 Å². The molecule has 1 heterocycles. The van der Waals surface area contributed by atoms with E-state index in [1.165, 1.54) is 5.56 Å². The minimum absolute atomic E-state index is 0.846. The minimum atomic E-state index is 0.846. The van der Waals surface area contributed by atoms with Gasteiger partial charge in [-0.1, -0.05) is 22.0 Å². The largest absolute Gasteiger partial charge is 0.370 e. The summed E-state index contributed by atoms with van der Waals surface area (Å²) in [6.07, 6.45) is 0. The molecule has 1 aromatic carbocycles. The van der Waals surface area contributed by atoms with Crippen LogP contribution in [0.15, 0.2) is 40.9 Å². The molecule has 2 rings (SSSR count). The Morgan fingerprint density at radius 1 is 1.17 bits per heavy atom. The van der Waals surface area contributed by atoms with Crippen molar-refractivity contribution in [2.24, 2.45) is 0 Å². The molecule has 0 aliphatic carbocycles. The van der Waals surface area contributed by atoms with Crippen LogP contribution in [0.2, 0.25) is 0 Å². The Kier molecular flexibility index (Phi) is 4.20. The SMILES string of the molecule is CCNc1cccc(Nc2ccc(Br)cc2C)n1. The number of pyridine rings is 1. The van der Waals surface area contributed by atoms with Crippen molar-refractivity contribution in [1.82, 2.24) is 4.98 Å². The highest BCUT2D eigenvalue weighted by Crippen LogP contribution is 2.23. The summed E-state index contributed by atoms with van der Waals surface area (Å²) >= 11 is 3.46. The Labute approximate surface area is 116 Å². The molecule has 4 heteroatoms. The van der Waals surface area contributed by atoms with Crippen molar-refractivity contribution in [1.29, 1.82) is 0 Å². The number of halogens is 1. The van der Waals surface area contributed by atoms with Gasteiger partial charge < -0.3 is 10.6 Å². The van der Waals surface area contributed by atoms with Crippen LogP contribution in [-0.4, -0.2) is 11.5 Å². The predicted molar refractivity (Wildman–Crippen MR) is 80.6 cm³/mol. The van der Waals surface area contributed by atoms with E-state index < -0.39 is 0 Å². The van der Waals surface area contributed by atoms with Gasteiger partial charge in [-0.3, -0.25) is 0 Å². The van der Waals surface area contributed by atoms with E-state index in [1.54, 1.807) is 0 Å². The highest BCUT2D eigenvalue weighted by molar-refractivity contribution is 9.10. The molecule has 3 nitrogen and oxygen atoms in total. The number of nitrogens with zero attached hydrogens (tertiary/aromatic N) is 1. The molecule has 18 heavy (non-hydrogen) atoms. The molecule has 1 aromatic heterocycles. The summed E-state index contributed by atoms with van der Waals surface area (Å²) < 4.78 is 1.08. The normalized spacial score (nSPS) is 10.2. The summed E-state index contributed by atoms with van der Waals surface area (Å²) in [5, 5.41) is 6.53. The topological polar surface area (TPSA) is 37.0 Å². The van der Waals surface area contributed by atoms with Crippen LogP contribution >= 0.6 is 15.9 Å². The molecular formula is C14H16BrN3. The van der Waals surface area contributed by atoms with E-state index in [2.05, 4.69) is 51.5 Å². The average molecular weight is 306 g/mol. The summed E-state index contributed by atoms with van der Waals surface area (Å²) in [6.45, 7) is 5.00.